The van der Waals surface area contributed by atoms with Crippen molar-refractivity contribution in [2.24, 2.45) is 0 Å². The molecule has 0 unspecified atom stereocenters. The number of aryl methyl sites for hydroxylation is 1. The summed E-state index contributed by atoms with van der Waals surface area (Å²) in [5, 5.41) is 0.348. The second-order valence-corrected chi connectivity index (χ2v) is 5.07. The number of benzene rings is 1. The van der Waals surface area contributed by atoms with E-state index in [0.29, 0.717) is 5.22 Å². The first-order valence-corrected chi connectivity index (χ1v) is 6.21. The molecule has 2 aromatic heterocycles. The highest BCUT2D eigenvalue weighted by atomic mass is 79.9. The van der Waals surface area contributed by atoms with Crippen LogP contribution in [0.3, 0.4) is 0 Å². The van der Waals surface area contributed by atoms with Crippen LogP contribution in [-0.2, 0) is 0 Å². The minimum atomic E-state index is 0.348. The van der Waals surface area contributed by atoms with Crippen LogP contribution in [0.25, 0.3) is 22.4 Å². The number of rotatable bonds is 1. The first kappa shape index (κ1) is 10.9. The SMILES string of the molecule is Cc1cc(Br)cc2[nH]c(-c3ccoc3Cl)nc12. The van der Waals surface area contributed by atoms with Gasteiger partial charge in [-0.15, -0.1) is 0 Å². The second-order valence-electron chi connectivity index (χ2n) is 3.81. The van der Waals surface area contributed by atoms with Gasteiger partial charge in [0, 0.05) is 4.47 Å². The predicted octanol–water partition coefficient (Wildman–Crippen LogP) is 4.55. The van der Waals surface area contributed by atoms with Gasteiger partial charge in [0.1, 0.15) is 5.82 Å². The van der Waals surface area contributed by atoms with Crippen molar-refractivity contribution in [2.75, 3.05) is 0 Å². The lowest BCUT2D eigenvalue weighted by Crippen LogP contribution is -1.77. The number of furan rings is 1. The van der Waals surface area contributed by atoms with Crippen LogP contribution in [-0.4, -0.2) is 9.97 Å². The summed E-state index contributed by atoms with van der Waals surface area (Å²) in [5.74, 6) is 0.722. The second kappa shape index (κ2) is 3.89. The Morgan fingerprint density at radius 1 is 1.41 bits per heavy atom. The van der Waals surface area contributed by atoms with Gasteiger partial charge in [-0.3, -0.25) is 0 Å². The Kier molecular flexibility index (Phi) is 2.49. The van der Waals surface area contributed by atoms with Crippen LogP contribution < -0.4 is 0 Å². The maximum Gasteiger partial charge on any atom is 0.203 e. The number of fused-ring (bicyclic) bond motifs is 1. The average molecular weight is 312 g/mol. The first-order valence-electron chi connectivity index (χ1n) is 5.04. The van der Waals surface area contributed by atoms with Crippen molar-refractivity contribution in [3.05, 3.63) is 39.7 Å². The van der Waals surface area contributed by atoms with E-state index in [1.54, 1.807) is 12.3 Å². The number of hydrogen-bond acceptors (Lipinski definition) is 2. The van der Waals surface area contributed by atoms with Crippen molar-refractivity contribution in [3.63, 3.8) is 0 Å². The highest BCUT2D eigenvalue weighted by Crippen LogP contribution is 2.30. The quantitative estimate of drug-likeness (QED) is 0.716. The lowest BCUT2D eigenvalue weighted by atomic mass is 10.2. The third-order valence-electron chi connectivity index (χ3n) is 2.62. The Labute approximate surface area is 111 Å². The lowest BCUT2D eigenvalue weighted by molar-refractivity contribution is 0.570. The van der Waals surface area contributed by atoms with Crippen molar-refractivity contribution in [3.8, 4) is 11.4 Å². The average Bonchev–Trinajstić information content (AvgIpc) is 2.83. The number of H-pyrrole nitrogens is 1. The highest BCUT2D eigenvalue weighted by Gasteiger charge is 2.12. The fraction of sp³-hybridized carbons (Fsp3) is 0.0833. The van der Waals surface area contributed by atoms with Gasteiger partial charge in [-0.25, -0.2) is 4.98 Å². The van der Waals surface area contributed by atoms with Gasteiger partial charge in [0.15, 0.2) is 0 Å². The Balaban J connectivity index is 2.27. The molecule has 0 aliphatic carbocycles. The van der Waals surface area contributed by atoms with Crippen LogP contribution >= 0.6 is 27.5 Å². The van der Waals surface area contributed by atoms with Crippen molar-refractivity contribution in [1.82, 2.24) is 9.97 Å². The fourth-order valence-corrected chi connectivity index (χ4v) is 2.61. The van der Waals surface area contributed by atoms with E-state index in [4.69, 9.17) is 16.0 Å². The normalized spacial score (nSPS) is 11.2. The molecule has 0 spiro atoms. The molecule has 0 radical (unpaired) electrons. The number of nitrogens with one attached hydrogen (secondary N) is 1. The monoisotopic (exact) mass is 310 g/mol. The molecule has 5 heteroatoms. The molecule has 86 valence electrons. The van der Waals surface area contributed by atoms with Crippen molar-refractivity contribution >= 4 is 38.6 Å². The zero-order valence-electron chi connectivity index (χ0n) is 8.92. The van der Waals surface area contributed by atoms with Gasteiger partial charge in [-0.05, 0) is 42.3 Å². The highest BCUT2D eigenvalue weighted by molar-refractivity contribution is 9.10. The van der Waals surface area contributed by atoms with E-state index in [1.807, 2.05) is 19.1 Å². The summed E-state index contributed by atoms with van der Waals surface area (Å²) in [4.78, 5) is 7.77. The number of hydrogen-bond donors (Lipinski definition) is 1. The molecule has 3 rings (SSSR count). The zero-order chi connectivity index (χ0) is 12.0. The van der Waals surface area contributed by atoms with Crippen LogP contribution in [0.2, 0.25) is 5.22 Å². The molecule has 0 bridgehead atoms. The summed E-state index contributed by atoms with van der Waals surface area (Å²) in [7, 11) is 0. The molecule has 3 nitrogen and oxygen atoms in total. The predicted molar refractivity (Wildman–Crippen MR) is 71.2 cm³/mol. The van der Waals surface area contributed by atoms with Gasteiger partial charge in [0.25, 0.3) is 0 Å². The number of halogens is 2. The third-order valence-corrected chi connectivity index (χ3v) is 3.37. The molecule has 2 heterocycles. The van der Waals surface area contributed by atoms with Gasteiger partial charge >= 0.3 is 0 Å². The molecular formula is C12H8BrClN2O. The lowest BCUT2D eigenvalue weighted by Gasteiger charge is -1.94. The third kappa shape index (κ3) is 1.77. The Morgan fingerprint density at radius 3 is 2.94 bits per heavy atom. The fourth-order valence-electron chi connectivity index (χ4n) is 1.84. The molecule has 0 amide bonds. The Morgan fingerprint density at radius 2 is 2.24 bits per heavy atom. The molecule has 0 saturated carbocycles. The maximum absolute atomic E-state index is 5.94. The number of imidazole rings is 1. The van der Waals surface area contributed by atoms with Gasteiger partial charge < -0.3 is 9.40 Å². The number of nitrogens with zero attached hydrogens (tertiary/aromatic N) is 1. The largest absolute Gasteiger partial charge is 0.452 e. The molecule has 1 aromatic carbocycles. The van der Waals surface area contributed by atoms with Gasteiger partial charge in [-0.1, -0.05) is 15.9 Å². The van der Waals surface area contributed by atoms with Crippen LogP contribution in [0.5, 0.6) is 0 Å². The minimum Gasteiger partial charge on any atom is -0.452 e. The molecule has 17 heavy (non-hydrogen) atoms. The van der Waals surface area contributed by atoms with Gasteiger partial charge in [-0.2, -0.15) is 0 Å². The van der Waals surface area contributed by atoms with Crippen molar-refractivity contribution in [1.29, 1.82) is 0 Å². The maximum atomic E-state index is 5.94. The summed E-state index contributed by atoms with van der Waals surface area (Å²) < 4.78 is 6.09. The van der Waals surface area contributed by atoms with Crippen LogP contribution in [0, 0.1) is 6.92 Å². The molecule has 0 aliphatic heterocycles. The van der Waals surface area contributed by atoms with E-state index in [-0.39, 0.29) is 0 Å². The molecule has 1 N–H and O–H groups in total. The van der Waals surface area contributed by atoms with E-state index >= 15 is 0 Å². The summed E-state index contributed by atoms with van der Waals surface area (Å²) in [6.07, 6.45) is 1.55. The standard InChI is InChI=1S/C12H8BrClN2O/c1-6-4-7(13)5-9-10(6)16-12(15-9)8-2-3-17-11(8)14/h2-5H,1H3,(H,15,16). The molecule has 0 saturated heterocycles. The van der Waals surface area contributed by atoms with E-state index in [0.717, 1.165) is 32.5 Å². The molecule has 0 fully saturated rings. The first-order chi connectivity index (χ1) is 8.15. The van der Waals surface area contributed by atoms with E-state index in [9.17, 15) is 0 Å². The minimum absolute atomic E-state index is 0.348. The molecule has 3 aromatic rings. The van der Waals surface area contributed by atoms with Crippen molar-refractivity contribution < 1.29 is 4.42 Å². The summed E-state index contributed by atoms with van der Waals surface area (Å²) in [6, 6.07) is 5.82. The summed E-state index contributed by atoms with van der Waals surface area (Å²) in [6.45, 7) is 2.02. The van der Waals surface area contributed by atoms with Crippen LogP contribution in [0.4, 0.5) is 0 Å². The Hall–Kier alpha value is -1.26. The molecular weight excluding hydrogens is 304 g/mol. The van der Waals surface area contributed by atoms with E-state index in [2.05, 4.69) is 25.9 Å². The van der Waals surface area contributed by atoms with Gasteiger partial charge in [0.2, 0.25) is 5.22 Å². The molecule has 0 aliphatic rings. The number of aromatic amines is 1. The van der Waals surface area contributed by atoms with Gasteiger partial charge in [0.05, 0.1) is 22.9 Å². The Bertz CT molecular complexity index is 702. The van der Waals surface area contributed by atoms with Crippen molar-refractivity contribution in [2.45, 2.75) is 6.92 Å². The zero-order valence-corrected chi connectivity index (χ0v) is 11.3. The van der Waals surface area contributed by atoms with Crippen LogP contribution in [0.15, 0.2) is 33.4 Å². The van der Waals surface area contributed by atoms with E-state index < -0.39 is 0 Å². The smallest absolute Gasteiger partial charge is 0.203 e. The molecule has 0 atom stereocenters. The van der Waals surface area contributed by atoms with E-state index in [1.165, 1.54) is 0 Å². The summed E-state index contributed by atoms with van der Waals surface area (Å²) in [5.41, 5.74) is 3.81. The van der Waals surface area contributed by atoms with Crippen LogP contribution in [0.1, 0.15) is 5.56 Å². The summed E-state index contributed by atoms with van der Waals surface area (Å²) >= 11 is 9.40. The number of aromatic nitrogens is 2. The topological polar surface area (TPSA) is 41.8 Å².